The summed E-state index contributed by atoms with van der Waals surface area (Å²) in [5.74, 6) is 0.630. The Labute approximate surface area is 133 Å². The van der Waals surface area contributed by atoms with Gasteiger partial charge < -0.3 is 9.88 Å². The van der Waals surface area contributed by atoms with E-state index in [1.807, 2.05) is 25.1 Å². The van der Waals surface area contributed by atoms with E-state index in [-0.39, 0.29) is 5.56 Å². The number of aromatic amines is 1. The van der Waals surface area contributed by atoms with Gasteiger partial charge in [-0.2, -0.15) is 0 Å². The number of fused-ring (bicyclic) bond motifs is 1. The normalized spacial score (nSPS) is 11.0. The molecule has 0 amide bonds. The van der Waals surface area contributed by atoms with Gasteiger partial charge in [-0.15, -0.1) is 11.3 Å². The van der Waals surface area contributed by atoms with Crippen molar-refractivity contribution in [2.75, 3.05) is 18.0 Å². The standard InChI is InChI=1S/C17H19N3OS/c1-4-20(5-2)13-8-6-12(7-9-13)15-18-16(21)14-10-11(3)22-17(14)19-15/h6-10H,4-5H2,1-3H3,(H,18,19,21). The van der Waals surface area contributed by atoms with E-state index in [4.69, 9.17) is 0 Å². The van der Waals surface area contributed by atoms with Gasteiger partial charge in [0.05, 0.1) is 5.39 Å². The molecule has 1 N–H and O–H groups in total. The zero-order chi connectivity index (χ0) is 15.7. The van der Waals surface area contributed by atoms with Crippen LogP contribution in [0.15, 0.2) is 35.1 Å². The van der Waals surface area contributed by atoms with Crippen LogP contribution in [0.5, 0.6) is 0 Å². The van der Waals surface area contributed by atoms with Crippen LogP contribution >= 0.6 is 11.3 Å². The van der Waals surface area contributed by atoms with Crippen molar-refractivity contribution in [3.8, 4) is 11.4 Å². The minimum absolute atomic E-state index is 0.0721. The summed E-state index contributed by atoms with van der Waals surface area (Å²) in [5, 5.41) is 0.672. The Bertz CT molecular complexity index is 844. The van der Waals surface area contributed by atoms with Gasteiger partial charge in [-0.05, 0) is 51.1 Å². The average molecular weight is 313 g/mol. The molecule has 0 aliphatic heterocycles. The molecule has 0 saturated carbocycles. The number of nitrogens with one attached hydrogen (secondary N) is 1. The number of thiophene rings is 1. The SMILES string of the molecule is CCN(CC)c1ccc(-c2nc3sc(C)cc3c(=O)[nH]2)cc1. The van der Waals surface area contributed by atoms with Crippen molar-refractivity contribution in [3.05, 3.63) is 45.6 Å². The second-order valence-corrected chi connectivity index (χ2v) is 6.44. The lowest BCUT2D eigenvalue weighted by Crippen LogP contribution is -2.21. The van der Waals surface area contributed by atoms with Crippen LogP contribution in [0.3, 0.4) is 0 Å². The van der Waals surface area contributed by atoms with Crippen molar-refractivity contribution in [2.24, 2.45) is 0 Å². The van der Waals surface area contributed by atoms with E-state index in [2.05, 4.69) is 40.8 Å². The summed E-state index contributed by atoms with van der Waals surface area (Å²) in [4.78, 5) is 23.8. The smallest absolute Gasteiger partial charge is 0.259 e. The third kappa shape index (κ3) is 2.64. The number of H-pyrrole nitrogens is 1. The number of hydrogen-bond donors (Lipinski definition) is 1. The van der Waals surface area contributed by atoms with Gasteiger partial charge in [-0.25, -0.2) is 4.98 Å². The molecular weight excluding hydrogens is 294 g/mol. The maximum atomic E-state index is 12.2. The molecule has 0 atom stereocenters. The number of hydrogen-bond acceptors (Lipinski definition) is 4. The van der Waals surface area contributed by atoms with Crippen molar-refractivity contribution in [2.45, 2.75) is 20.8 Å². The lowest BCUT2D eigenvalue weighted by molar-refractivity contribution is 0.866. The van der Waals surface area contributed by atoms with Crippen molar-refractivity contribution in [1.82, 2.24) is 9.97 Å². The van der Waals surface area contributed by atoms with Gasteiger partial charge in [0.25, 0.3) is 5.56 Å². The zero-order valence-electron chi connectivity index (χ0n) is 13.0. The van der Waals surface area contributed by atoms with E-state index in [0.29, 0.717) is 11.2 Å². The molecule has 3 rings (SSSR count). The first kappa shape index (κ1) is 14.8. The number of anilines is 1. The Morgan fingerprint density at radius 2 is 1.86 bits per heavy atom. The van der Waals surface area contributed by atoms with E-state index in [1.165, 1.54) is 5.69 Å². The predicted octanol–water partition coefficient (Wildman–Crippen LogP) is 3.81. The molecule has 3 aromatic rings. The van der Waals surface area contributed by atoms with Crippen molar-refractivity contribution < 1.29 is 0 Å². The van der Waals surface area contributed by atoms with Gasteiger partial charge in [0, 0.05) is 29.2 Å². The molecule has 0 unspecified atom stereocenters. The predicted molar refractivity (Wildman–Crippen MR) is 94.0 cm³/mol. The van der Waals surface area contributed by atoms with Crippen LogP contribution in [-0.2, 0) is 0 Å². The van der Waals surface area contributed by atoms with Gasteiger partial charge in [0.15, 0.2) is 0 Å². The quantitative estimate of drug-likeness (QED) is 0.797. The maximum absolute atomic E-state index is 12.2. The first-order chi connectivity index (χ1) is 10.6. The Balaban J connectivity index is 2.02. The van der Waals surface area contributed by atoms with Gasteiger partial charge >= 0.3 is 0 Å². The number of nitrogens with zero attached hydrogens (tertiary/aromatic N) is 2. The number of benzene rings is 1. The van der Waals surface area contributed by atoms with Crippen LogP contribution in [0.25, 0.3) is 21.6 Å². The zero-order valence-corrected chi connectivity index (χ0v) is 13.8. The molecule has 0 bridgehead atoms. The van der Waals surface area contributed by atoms with E-state index >= 15 is 0 Å². The van der Waals surface area contributed by atoms with Gasteiger partial charge in [0.1, 0.15) is 10.7 Å². The lowest BCUT2D eigenvalue weighted by atomic mass is 10.2. The Kier molecular flexibility index (Phi) is 3.98. The summed E-state index contributed by atoms with van der Waals surface area (Å²) >= 11 is 1.55. The monoisotopic (exact) mass is 313 g/mol. The number of rotatable bonds is 4. The summed E-state index contributed by atoms with van der Waals surface area (Å²) in [5.41, 5.74) is 2.04. The number of aromatic nitrogens is 2. The molecule has 0 saturated heterocycles. The first-order valence-electron chi connectivity index (χ1n) is 7.48. The molecular formula is C17H19N3OS. The third-order valence-electron chi connectivity index (χ3n) is 3.79. The van der Waals surface area contributed by atoms with Gasteiger partial charge in [-0.3, -0.25) is 4.79 Å². The molecule has 2 heterocycles. The second kappa shape index (κ2) is 5.93. The fraction of sp³-hybridized carbons (Fsp3) is 0.294. The molecule has 0 aliphatic rings. The Morgan fingerprint density at radius 1 is 1.18 bits per heavy atom. The molecule has 0 aliphatic carbocycles. The highest BCUT2D eigenvalue weighted by Crippen LogP contribution is 2.24. The molecule has 2 aromatic heterocycles. The van der Waals surface area contributed by atoms with Crippen LogP contribution in [0.4, 0.5) is 5.69 Å². The Morgan fingerprint density at radius 3 is 2.50 bits per heavy atom. The molecule has 0 radical (unpaired) electrons. The van der Waals surface area contributed by atoms with Crippen LogP contribution in [-0.4, -0.2) is 23.1 Å². The van der Waals surface area contributed by atoms with Crippen LogP contribution < -0.4 is 10.5 Å². The molecule has 4 nitrogen and oxygen atoms in total. The average Bonchev–Trinajstić information content (AvgIpc) is 2.90. The maximum Gasteiger partial charge on any atom is 0.259 e. The molecule has 0 spiro atoms. The van der Waals surface area contributed by atoms with Crippen molar-refractivity contribution in [1.29, 1.82) is 0 Å². The first-order valence-corrected chi connectivity index (χ1v) is 8.30. The molecule has 22 heavy (non-hydrogen) atoms. The second-order valence-electron chi connectivity index (χ2n) is 5.21. The van der Waals surface area contributed by atoms with E-state index in [0.717, 1.165) is 28.4 Å². The molecule has 0 fully saturated rings. The fourth-order valence-corrected chi connectivity index (χ4v) is 3.49. The van der Waals surface area contributed by atoms with Crippen molar-refractivity contribution in [3.63, 3.8) is 0 Å². The van der Waals surface area contributed by atoms with E-state index in [9.17, 15) is 4.79 Å². The summed E-state index contributed by atoms with van der Waals surface area (Å²) in [6.07, 6.45) is 0. The largest absolute Gasteiger partial charge is 0.372 e. The third-order valence-corrected chi connectivity index (χ3v) is 4.74. The van der Waals surface area contributed by atoms with Crippen molar-refractivity contribution >= 4 is 27.2 Å². The summed E-state index contributed by atoms with van der Waals surface area (Å²) in [6, 6.07) is 10.1. The molecule has 5 heteroatoms. The highest BCUT2D eigenvalue weighted by molar-refractivity contribution is 7.18. The van der Waals surface area contributed by atoms with Crippen LogP contribution in [0.1, 0.15) is 18.7 Å². The fourth-order valence-electron chi connectivity index (χ4n) is 2.61. The lowest BCUT2D eigenvalue weighted by Gasteiger charge is -2.21. The summed E-state index contributed by atoms with van der Waals surface area (Å²) < 4.78 is 0. The van der Waals surface area contributed by atoms with E-state index < -0.39 is 0 Å². The molecule has 114 valence electrons. The minimum Gasteiger partial charge on any atom is -0.372 e. The Hall–Kier alpha value is -2.14. The minimum atomic E-state index is -0.0721. The van der Waals surface area contributed by atoms with Crippen LogP contribution in [0, 0.1) is 6.92 Å². The summed E-state index contributed by atoms with van der Waals surface area (Å²) in [6.45, 7) is 8.23. The molecule has 1 aromatic carbocycles. The van der Waals surface area contributed by atoms with E-state index in [1.54, 1.807) is 11.3 Å². The highest BCUT2D eigenvalue weighted by Gasteiger charge is 2.09. The van der Waals surface area contributed by atoms with Gasteiger partial charge in [-0.1, -0.05) is 0 Å². The topological polar surface area (TPSA) is 49.0 Å². The van der Waals surface area contributed by atoms with Crippen LogP contribution in [0.2, 0.25) is 0 Å². The van der Waals surface area contributed by atoms with Gasteiger partial charge in [0.2, 0.25) is 0 Å². The summed E-state index contributed by atoms with van der Waals surface area (Å²) in [7, 11) is 0. The number of aryl methyl sites for hydroxylation is 1. The highest BCUT2D eigenvalue weighted by atomic mass is 32.1.